The Kier molecular flexibility index (Phi) is 5.13. The van der Waals surface area contributed by atoms with Crippen LogP contribution in [0.15, 0.2) is 0 Å². The average Bonchev–Trinajstić information content (AvgIpc) is 2.24. The Labute approximate surface area is 107 Å². The van der Waals surface area contributed by atoms with Gasteiger partial charge in [0, 0.05) is 12.8 Å². The van der Waals surface area contributed by atoms with E-state index in [1.54, 1.807) is 0 Å². The summed E-state index contributed by atoms with van der Waals surface area (Å²) >= 11 is 0. The second kappa shape index (κ2) is 6.17. The highest BCUT2D eigenvalue weighted by molar-refractivity contribution is 7.91. The molecule has 2 unspecified atom stereocenters. The van der Waals surface area contributed by atoms with Gasteiger partial charge in [-0.05, 0) is 18.8 Å². The lowest BCUT2D eigenvalue weighted by atomic mass is 9.79. The molecule has 104 valence electrons. The van der Waals surface area contributed by atoms with Crippen molar-refractivity contribution in [3.8, 4) is 0 Å². The predicted octanol–water partition coefficient (Wildman–Crippen LogP) is 0.0382. The first-order valence-electron chi connectivity index (χ1n) is 5.97. The van der Waals surface area contributed by atoms with Crippen LogP contribution >= 0.6 is 0 Å². The lowest BCUT2D eigenvalue weighted by Crippen LogP contribution is -2.39. The number of carboxylic acid groups (broad SMARTS) is 1. The summed E-state index contributed by atoms with van der Waals surface area (Å²) in [6.45, 7) is 0.241. The molecule has 18 heavy (non-hydrogen) atoms. The molecule has 0 radical (unpaired) electrons. The highest BCUT2D eigenvalue weighted by atomic mass is 32.2. The van der Waals surface area contributed by atoms with Crippen LogP contribution in [-0.4, -0.2) is 44.0 Å². The van der Waals surface area contributed by atoms with E-state index in [9.17, 15) is 18.0 Å². The molecule has 0 aliphatic heterocycles. The molecule has 6 nitrogen and oxygen atoms in total. The second-order valence-corrected chi connectivity index (χ2v) is 7.00. The van der Waals surface area contributed by atoms with Gasteiger partial charge in [-0.1, -0.05) is 12.8 Å². The van der Waals surface area contributed by atoms with Crippen molar-refractivity contribution in [3.05, 3.63) is 0 Å². The number of carboxylic acids is 1. The van der Waals surface area contributed by atoms with Crippen molar-refractivity contribution >= 4 is 21.7 Å². The molecule has 0 aromatic rings. The topological polar surface area (TPSA) is 101 Å². The van der Waals surface area contributed by atoms with Crippen LogP contribution in [0.2, 0.25) is 0 Å². The van der Waals surface area contributed by atoms with E-state index in [1.165, 1.54) is 0 Å². The molecule has 2 atom stereocenters. The SMILES string of the molecule is CS(=O)(=O)CC(=O)NCC1CCCCC1C(=O)O. The van der Waals surface area contributed by atoms with Gasteiger partial charge in [0.1, 0.15) is 5.75 Å². The minimum absolute atomic E-state index is 0.0974. The Balaban J connectivity index is 2.46. The van der Waals surface area contributed by atoms with Crippen molar-refractivity contribution in [2.45, 2.75) is 25.7 Å². The van der Waals surface area contributed by atoms with Crippen LogP contribution in [0.25, 0.3) is 0 Å². The minimum atomic E-state index is -3.33. The molecule has 1 rings (SSSR count). The molecule has 1 saturated carbocycles. The summed E-state index contributed by atoms with van der Waals surface area (Å²) in [5.41, 5.74) is 0. The fourth-order valence-electron chi connectivity index (χ4n) is 2.31. The standard InChI is InChI=1S/C11H19NO5S/c1-18(16,17)7-10(13)12-6-8-4-2-3-5-9(8)11(14)15/h8-9H,2-7H2,1H3,(H,12,13)(H,14,15). The van der Waals surface area contributed by atoms with Crippen LogP contribution < -0.4 is 5.32 Å². The third kappa shape index (κ3) is 5.03. The average molecular weight is 277 g/mol. The highest BCUT2D eigenvalue weighted by Gasteiger charge is 2.30. The number of rotatable bonds is 5. The molecule has 0 aromatic heterocycles. The lowest BCUT2D eigenvalue weighted by Gasteiger charge is -2.28. The Morgan fingerprint density at radius 2 is 1.89 bits per heavy atom. The number of aliphatic carboxylic acids is 1. The van der Waals surface area contributed by atoms with Gasteiger partial charge in [-0.25, -0.2) is 8.42 Å². The summed E-state index contributed by atoms with van der Waals surface area (Å²) in [6, 6.07) is 0. The van der Waals surface area contributed by atoms with Crippen molar-refractivity contribution in [2.24, 2.45) is 11.8 Å². The first-order valence-corrected chi connectivity index (χ1v) is 8.03. The molecule has 0 saturated heterocycles. The quantitative estimate of drug-likeness (QED) is 0.739. The van der Waals surface area contributed by atoms with Crippen molar-refractivity contribution < 1.29 is 23.1 Å². The van der Waals surface area contributed by atoms with Crippen molar-refractivity contribution in [3.63, 3.8) is 0 Å². The third-order valence-electron chi connectivity index (χ3n) is 3.18. The van der Waals surface area contributed by atoms with E-state index in [2.05, 4.69) is 5.32 Å². The third-order valence-corrected chi connectivity index (χ3v) is 3.97. The van der Waals surface area contributed by atoms with Crippen LogP contribution in [0.5, 0.6) is 0 Å². The summed E-state index contributed by atoms with van der Waals surface area (Å²) in [7, 11) is -3.33. The Morgan fingerprint density at radius 1 is 1.28 bits per heavy atom. The first kappa shape index (κ1) is 14.9. The van der Waals surface area contributed by atoms with E-state index in [0.717, 1.165) is 25.5 Å². The molecule has 0 heterocycles. The number of nitrogens with one attached hydrogen (secondary N) is 1. The van der Waals surface area contributed by atoms with Crippen molar-refractivity contribution in [1.29, 1.82) is 0 Å². The first-order chi connectivity index (χ1) is 8.29. The molecular weight excluding hydrogens is 258 g/mol. The Bertz CT molecular complexity index is 417. The number of hydrogen-bond acceptors (Lipinski definition) is 4. The van der Waals surface area contributed by atoms with Crippen molar-refractivity contribution in [2.75, 3.05) is 18.6 Å². The highest BCUT2D eigenvalue weighted by Crippen LogP contribution is 2.29. The smallest absolute Gasteiger partial charge is 0.306 e. The number of carbonyl (C=O) groups is 2. The normalized spacial score (nSPS) is 24.5. The Morgan fingerprint density at radius 3 is 2.44 bits per heavy atom. The summed E-state index contributed by atoms with van der Waals surface area (Å²) in [5.74, 6) is -2.47. The van der Waals surface area contributed by atoms with Gasteiger partial charge >= 0.3 is 5.97 Å². The van der Waals surface area contributed by atoms with Gasteiger partial charge in [0.25, 0.3) is 0 Å². The van der Waals surface area contributed by atoms with Gasteiger partial charge < -0.3 is 10.4 Å². The zero-order valence-electron chi connectivity index (χ0n) is 10.4. The zero-order valence-corrected chi connectivity index (χ0v) is 11.2. The number of sulfone groups is 1. The fourth-order valence-corrected chi connectivity index (χ4v) is 2.89. The molecule has 7 heteroatoms. The van der Waals surface area contributed by atoms with E-state index in [-0.39, 0.29) is 12.5 Å². The maximum atomic E-state index is 11.3. The maximum absolute atomic E-state index is 11.3. The molecular formula is C11H19NO5S. The second-order valence-electron chi connectivity index (χ2n) is 4.86. The molecule has 1 amide bonds. The molecule has 0 spiro atoms. The molecule has 1 fully saturated rings. The van der Waals surface area contributed by atoms with Gasteiger partial charge in [-0.3, -0.25) is 9.59 Å². The number of amides is 1. The van der Waals surface area contributed by atoms with Gasteiger partial charge in [-0.2, -0.15) is 0 Å². The van der Waals surface area contributed by atoms with Crippen LogP contribution in [-0.2, 0) is 19.4 Å². The summed E-state index contributed by atoms with van der Waals surface area (Å²) < 4.78 is 21.8. The van der Waals surface area contributed by atoms with E-state index < -0.39 is 33.4 Å². The molecule has 2 N–H and O–H groups in total. The van der Waals surface area contributed by atoms with E-state index in [4.69, 9.17) is 5.11 Å². The van der Waals surface area contributed by atoms with Crippen LogP contribution in [0.3, 0.4) is 0 Å². The van der Waals surface area contributed by atoms with E-state index in [0.29, 0.717) is 6.42 Å². The summed E-state index contributed by atoms with van der Waals surface area (Å²) in [5, 5.41) is 11.6. The lowest BCUT2D eigenvalue weighted by molar-refractivity contribution is -0.145. The summed E-state index contributed by atoms with van der Waals surface area (Å²) in [4.78, 5) is 22.4. The molecule has 0 aromatic carbocycles. The van der Waals surface area contributed by atoms with Crippen LogP contribution in [0.1, 0.15) is 25.7 Å². The molecule has 1 aliphatic rings. The van der Waals surface area contributed by atoms with Gasteiger partial charge in [0.2, 0.25) is 5.91 Å². The monoisotopic (exact) mass is 277 g/mol. The number of carbonyl (C=O) groups excluding carboxylic acids is 1. The predicted molar refractivity (Wildman–Crippen MR) is 65.8 cm³/mol. The molecule has 0 bridgehead atoms. The zero-order chi connectivity index (χ0) is 13.8. The largest absolute Gasteiger partial charge is 0.481 e. The van der Waals surface area contributed by atoms with Crippen LogP contribution in [0.4, 0.5) is 0 Å². The van der Waals surface area contributed by atoms with Gasteiger partial charge in [0.05, 0.1) is 5.92 Å². The van der Waals surface area contributed by atoms with Gasteiger partial charge in [-0.15, -0.1) is 0 Å². The number of hydrogen-bond donors (Lipinski definition) is 2. The van der Waals surface area contributed by atoms with Crippen molar-refractivity contribution in [1.82, 2.24) is 5.32 Å². The molecule has 1 aliphatic carbocycles. The fraction of sp³-hybridized carbons (Fsp3) is 0.818. The van der Waals surface area contributed by atoms with Crippen LogP contribution in [0, 0.1) is 11.8 Å². The van der Waals surface area contributed by atoms with E-state index >= 15 is 0 Å². The Hall–Kier alpha value is -1.11. The van der Waals surface area contributed by atoms with E-state index in [1.807, 2.05) is 0 Å². The maximum Gasteiger partial charge on any atom is 0.306 e. The minimum Gasteiger partial charge on any atom is -0.481 e. The summed E-state index contributed by atoms with van der Waals surface area (Å²) in [6.07, 6.45) is 4.23. The van der Waals surface area contributed by atoms with Gasteiger partial charge in [0.15, 0.2) is 9.84 Å².